The molecular weight excluding hydrogens is 246 g/mol. The Morgan fingerprint density at radius 1 is 1.33 bits per heavy atom. The average Bonchev–Trinajstić information content (AvgIpc) is 2.31. The van der Waals surface area contributed by atoms with Crippen LogP contribution in [-0.2, 0) is 0 Å². The van der Waals surface area contributed by atoms with Gasteiger partial charge in [-0.25, -0.2) is 0 Å². The Morgan fingerprint density at radius 2 is 2.06 bits per heavy atom. The first kappa shape index (κ1) is 15.3. The van der Waals surface area contributed by atoms with E-state index in [4.69, 9.17) is 16.3 Å². The molecule has 0 aliphatic carbocycles. The van der Waals surface area contributed by atoms with Gasteiger partial charge in [0.2, 0.25) is 0 Å². The monoisotopic (exact) mass is 269 g/mol. The van der Waals surface area contributed by atoms with Crippen LogP contribution in [0.5, 0.6) is 5.75 Å². The smallest absolute Gasteiger partial charge is 0.138 e. The van der Waals surface area contributed by atoms with Crippen molar-refractivity contribution in [2.24, 2.45) is 0 Å². The molecule has 2 unspecified atom stereocenters. The van der Waals surface area contributed by atoms with Crippen molar-refractivity contribution in [3.8, 4) is 5.75 Å². The molecule has 1 N–H and O–H groups in total. The standard InChI is InChI=1S/C15H24ClNO/c1-5-6-12(3)17-10-13(4)18-15-8-7-11(2)9-14(15)16/h7-9,12-13,17H,5-6,10H2,1-4H3. The van der Waals surface area contributed by atoms with Crippen LogP contribution in [0.4, 0.5) is 0 Å². The molecule has 1 aromatic rings. The number of hydrogen-bond donors (Lipinski definition) is 1. The largest absolute Gasteiger partial charge is 0.488 e. The van der Waals surface area contributed by atoms with E-state index in [1.54, 1.807) is 0 Å². The van der Waals surface area contributed by atoms with Gasteiger partial charge in [-0.2, -0.15) is 0 Å². The Kier molecular flexibility index (Phi) is 6.51. The fourth-order valence-corrected chi connectivity index (χ4v) is 2.14. The normalized spacial score (nSPS) is 14.3. The molecule has 3 heteroatoms. The van der Waals surface area contributed by atoms with Gasteiger partial charge in [-0.15, -0.1) is 0 Å². The van der Waals surface area contributed by atoms with Gasteiger partial charge in [0.05, 0.1) is 5.02 Å². The first-order valence-electron chi connectivity index (χ1n) is 6.69. The molecule has 0 aromatic heterocycles. The molecule has 2 atom stereocenters. The molecule has 0 bridgehead atoms. The quantitative estimate of drug-likeness (QED) is 0.801. The zero-order valence-electron chi connectivity index (χ0n) is 11.8. The third-order valence-corrected chi connectivity index (χ3v) is 3.19. The fourth-order valence-electron chi connectivity index (χ4n) is 1.86. The van der Waals surface area contributed by atoms with E-state index in [-0.39, 0.29) is 6.10 Å². The Bertz CT molecular complexity index is 368. The van der Waals surface area contributed by atoms with E-state index in [2.05, 4.69) is 26.1 Å². The van der Waals surface area contributed by atoms with E-state index in [9.17, 15) is 0 Å². The number of nitrogens with one attached hydrogen (secondary N) is 1. The van der Waals surface area contributed by atoms with Gasteiger partial charge in [0.1, 0.15) is 11.9 Å². The maximum absolute atomic E-state index is 6.14. The predicted octanol–water partition coefficient (Wildman–Crippen LogP) is 4.19. The number of benzene rings is 1. The molecule has 0 radical (unpaired) electrons. The van der Waals surface area contributed by atoms with Crippen LogP contribution in [0, 0.1) is 6.92 Å². The first-order valence-corrected chi connectivity index (χ1v) is 7.07. The molecule has 102 valence electrons. The summed E-state index contributed by atoms with van der Waals surface area (Å²) in [5.74, 6) is 0.764. The van der Waals surface area contributed by atoms with E-state index in [1.807, 2.05) is 25.1 Å². The van der Waals surface area contributed by atoms with Crippen LogP contribution < -0.4 is 10.1 Å². The zero-order valence-corrected chi connectivity index (χ0v) is 12.6. The summed E-state index contributed by atoms with van der Waals surface area (Å²) < 4.78 is 5.83. The van der Waals surface area contributed by atoms with Crippen LogP contribution in [0.3, 0.4) is 0 Å². The highest BCUT2D eigenvalue weighted by Gasteiger charge is 2.09. The van der Waals surface area contributed by atoms with Gasteiger partial charge in [-0.05, 0) is 44.9 Å². The Morgan fingerprint density at radius 3 is 2.67 bits per heavy atom. The lowest BCUT2D eigenvalue weighted by atomic mass is 10.2. The molecule has 2 nitrogen and oxygen atoms in total. The van der Waals surface area contributed by atoms with Gasteiger partial charge in [0.25, 0.3) is 0 Å². The molecule has 0 fully saturated rings. The summed E-state index contributed by atoms with van der Waals surface area (Å²) in [6, 6.07) is 6.41. The predicted molar refractivity (Wildman–Crippen MR) is 78.7 cm³/mol. The molecule has 0 amide bonds. The van der Waals surface area contributed by atoms with Crippen molar-refractivity contribution >= 4 is 11.6 Å². The summed E-state index contributed by atoms with van der Waals surface area (Å²) >= 11 is 6.14. The van der Waals surface area contributed by atoms with Crippen LogP contribution in [0.15, 0.2) is 18.2 Å². The molecule has 0 heterocycles. The maximum Gasteiger partial charge on any atom is 0.138 e. The summed E-state index contributed by atoms with van der Waals surface area (Å²) in [6.45, 7) is 9.32. The van der Waals surface area contributed by atoms with Gasteiger partial charge in [0.15, 0.2) is 0 Å². The summed E-state index contributed by atoms with van der Waals surface area (Å²) in [7, 11) is 0. The molecule has 0 saturated carbocycles. The third-order valence-electron chi connectivity index (χ3n) is 2.89. The lowest BCUT2D eigenvalue weighted by molar-refractivity contribution is 0.211. The van der Waals surface area contributed by atoms with Crippen molar-refractivity contribution in [1.29, 1.82) is 0 Å². The van der Waals surface area contributed by atoms with E-state index in [0.717, 1.165) is 17.9 Å². The Balaban J connectivity index is 2.42. The highest BCUT2D eigenvalue weighted by atomic mass is 35.5. The van der Waals surface area contributed by atoms with Gasteiger partial charge in [0, 0.05) is 12.6 Å². The van der Waals surface area contributed by atoms with Crippen molar-refractivity contribution in [3.05, 3.63) is 28.8 Å². The molecule has 0 spiro atoms. The van der Waals surface area contributed by atoms with E-state index >= 15 is 0 Å². The van der Waals surface area contributed by atoms with Crippen molar-refractivity contribution in [1.82, 2.24) is 5.32 Å². The van der Waals surface area contributed by atoms with Crippen molar-refractivity contribution < 1.29 is 4.74 Å². The SMILES string of the molecule is CCCC(C)NCC(C)Oc1ccc(C)cc1Cl. The molecular formula is C15H24ClNO. The van der Waals surface area contributed by atoms with Crippen LogP contribution >= 0.6 is 11.6 Å². The molecule has 0 aliphatic heterocycles. The molecule has 0 saturated heterocycles. The van der Waals surface area contributed by atoms with E-state index in [1.165, 1.54) is 12.8 Å². The molecule has 1 aromatic carbocycles. The second kappa shape index (κ2) is 7.65. The number of halogens is 1. The fraction of sp³-hybridized carbons (Fsp3) is 0.600. The maximum atomic E-state index is 6.14. The third kappa shape index (κ3) is 5.28. The van der Waals surface area contributed by atoms with Gasteiger partial charge in [-0.3, -0.25) is 0 Å². The second-order valence-electron chi connectivity index (χ2n) is 4.96. The minimum absolute atomic E-state index is 0.115. The topological polar surface area (TPSA) is 21.3 Å². The minimum atomic E-state index is 0.115. The lowest BCUT2D eigenvalue weighted by Gasteiger charge is -2.19. The molecule has 1 rings (SSSR count). The number of ether oxygens (including phenoxy) is 1. The van der Waals surface area contributed by atoms with Crippen molar-refractivity contribution in [2.75, 3.05) is 6.54 Å². The number of rotatable bonds is 7. The minimum Gasteiger partial charge on any atom is -0.488 e. The molecule has 18 heavy (non-hydrogen) atoms. The first-order chi connectivity index (χ1) is 8.52. The second-order valence-corrected chi connectivity index (χ2v) is 5.37. The summed E-state index contributed by atoms with van der Waals surface area (Å²) in [6.07, 6.45) is 2.51. The summed E-state index contributed by atoms with van der Waals surface area (Å²) in [5.41, 5.74) is 1.15. The summed E-state index contributed by atoms with van der Waals surface area (Å²) in [5, 5.41) is 4.15. The van der Waals surface area contributed by atoms with Crippen LogP contribution in [0.25, 0.3) is 0 Å². The number of hydrogen-bond acceptors (Lipinski definition) is 2. The number of aryl methyl sites for hydroxylation is 1. The van der Waals surface area contributed by atoms with Gasteiger partial charge < -0.3 is 10.1 Å². The van der Waals surface area contributed by atoms with Gasteiger partial charge >= 0.3 is 0 Å². The van der Waals surface area contributed by atoms with Crippen molar-refractivity contribution in [2.45, 2.75) is 52.7 Å². The zero-order chi connectivity index (χ0) is 13.5. The highest BCUT2D eigenvalue weighted by Crippen LogP contribution is 2.25. The Hall–Kier alpha value is -0.730. The van der Waals surface area contributed by atoms with Crippen LogP contribution in [-0.4, -0.2) is 18.7 Å². The lowest BCUT2D eigenvalue weighted by Crippen LogP contribution is -2.35. The highest BCUT2D eigenvalue weighted by molar-refractivity contribution is 6.32. The van der Waals surface area contributed by atoms with Crippen molar-refractivity contribution in [3.63, 3.8) is 0 Å². The van der Waals surface area contributed by atoms with Gasteiger partial charge in [-0.1, -0.05) is 31.0 Å². The average molecular weight is 270 g/mol. The molecule has 0 aliphatic rings. The van der Waals surface area contributed by atoms with E-state index < -0.39 is 0 Å². The van der Waals surface area contributed by atoms with Crippen LogP contribution in [0.2, 0.25) is 5.02 Å². The van der Waals surface area contributed by atoms with Crippen LogP contribution in [0.1, 0.15) is 39.2 Å². The summed E-state index contributed by atoms with van der Waals surface area (Å²) in [4.78, 5) is 0. The Labute approximate surface area is 116 Å². The van der Waals surface area contributed by atoms with E-state index in [0.29, 0.717) is 11.1 Å².